The molecule has 0 aliphatic heterocycles. The number of amides is 1. The molecule has 1 amide bonds. The molecular formula is C20H33NO2. The lowest BCUT2D eigenvalue weighted by atomic mass is 10.0. The summed E-state index contributed by atoms with van der Waals surface area (Å²) in [5.74, 6) is 0.357. The first-order valence-corrected chi connectivity index (χ1v) is 9.19. The van der Waals surface area contributed by atoms with Crippen LogP contribution in [-0.4, -0.2) is 17.6 Å². The van der Waals surface area contributed by atoms with Crippen molar-refractivity contribution in [2.24, 2.45) is 5.92 Å². The number of rotatable bonds is 12. The van der Waals surface area contributed by atoms with Gasteiger partial charge in [-0.2, -0.15) is 0 Å². The van der Waals surface area contributed by atoms with E-state index in [1.807, 2.05) is 19.1 Å². The Hall–Kier alpha value is -1.51. The van der Waals surface area contributed by atoms with E-state index in [2.05, 4.69) is 12.2 Å². The average molecular weight is 319 g/mol. The van der Waals surface area contributed by atoms with E-state index >= 15 is 0 Å². The summed E-state index contributed by atoms with van der Waals surface area (Å²) in [7, 11) is 0. The molecule has 1 atom stereocenters. The van der Waals surface area contributed by atoms with Gasteiger partial charge in [-0.25, -0.2) is 0 Å². The Morgan fingerprint density at radius 1 is 1.00 bits per heavy atom. The van der Waals surface area contributed by atoms with Crippen molar-refractivity contribution < 1.29 is 9.90 Å². The molecule has 3 heteroatoms. The number of carbonyl (C=O) groups excluding carboxylic acids is 1. The quantitative estimate of drug-likeness (QED) is 0.542. The predicted molar refractivity (Wildman–Crippen MR) is 96.6 cm³/mol. The van der Waals surface area contributed by atoms with Gasteiger partial charge in [0.2, 0.25) is 5.91 Å². The summed E-state index contributed by atoms with van der Waals surface area (Å²) < 4.78 is 0. The maximum atomic E-state index is 12.1. The first-order chi connectivity index (χ1) is 11.1. The minimum Gasteiger partial charge on any atom is -0.508 e. The standard InChI is InChI=1S/C20H33NO2/c1-3-4-5-6-7-8-9-10-15-21-20(23)17(2)16-18-11-13-19(22)14-12-18/h11-14,17,22H,3-10,15-16H2,1-2H3,(H,21,23)/t17-/m0/s1. The molecule has 3 nitrogen and oxygen atoms in total. The normalized spacial score (nSPS) is 12.1. The highest BCUT2D eigenvalue weighted by atomic mass is 16.3. The molecular weight excluding hydrogens is 286 g/mol. The first-order valence-electron chi connectivity index (χ1n) is 9.19. The molecule has 1 rings (SSSR count). The van der Waals surface area contributed by atoms with Crippen molar-refractivity contribution >= 4 is 5.91 Å². The zero-order valence-electron chi connectivity index (χ0n) is 14.8. The fourth-order valence-electron chi connectivity index (χ4n) is 2.72. The van der Waals surface area contributed by atoms with E-state index in [-0.39, 0.29) is 17.6 Å². The zero-order chi connectivity index (χ0) is 16.9. The topological polar surface area (TPSA) is 49.3 Å². The Morgan fingerprint density at radius 3 is 2.17 bits per heavy atom. The smallest absolute Gasteiger partial charge is 0.223 e. The maximum Gasteiger partial charge on any atom is 0.223 e. The van der Waals surface area contributed by atoms with Gasteiger partial charge in [0.05, 0.1) is 0 Å². The van der Waals surface area contributed by atoms with Crippen LogP contribution in [0.1, 0.15) is 70.8 Å². The predicted octanol–water partition coefficient (Wildman–Crippen LogP) is 4.83. The number of hydrogen-bond donors (Lipinski definition) is 2. The highest BCUT2D eigenvalue weighted by Crippen LogP contribution is 2.14. The highest BCUT2D eigenvalue weighted by Gasteiger charge is 2.12. The van der Waals surface area contributed by atoms with Gasteiger partial charge >= 0.3 is 0 Å². The summed E-state index contributed by atoms with van der Waals surface area (Å²) in [5.41, 5.74) is 1.08. The summed E-state index contributed by atoms with van der Waals surface area (Å²) in [6.07, 6.45) is 11.0. The van der Waals surface area contributed by atoms with Crippen LogP contribution in [0.25, 0.3) is 0 Å². The third-order valence-electron chi connectivity index (χ3n) is 4.26. The van der Waals surface area contributed by atoms with E-state index in [0.717, 1.165) is 18.5 Å². The van der Waals surface area contributed by atoms with Gasteiger partial charge in [0, 0.05) is 12.5 Å². The fourth-order valence-corrected chi connectivity index (χ4v) is 2.72. The van der Waals surface area contributed by atoms with Gasteiger partial charge in [0.1, 0.15) is 5.75 Å². The monoisotopic (exact) mass is 319 g/mol. The Balaban J connectivity index is 2.05. The number of nitrogens with one attached hydrogen (secondary N) is 1. The third kappa shape index (κ3) is 9.27. The zero-order valence-corrected chi connectivity index (χ0v) is 14.8. The van der Waals surface area contributed by atoms with Crippen LogP contribution in [0.4, 0.5) is 0 Å². The molecule has 0 spiro atoms. The molecule has 0 aliphatic rings. The van der Waals surface area contributed by atoms with Crippen LogP contribution in [-0.2, 0) is 11.2 Å². The fraction of sp³-hybridized carbons (Fsp3) is 0.650. The molecule has 0 aliphatic carbocycles. The molecule has 0 radical (unpaired) electrons. The SMILES string of the molecule is CCCCCCCCCCNC(=O)[C@@H](C)Cc1ccc(O)cc1. The molecule has 0 saturated heterocycles. The molecule has 0 heterocycles. The van der Waals surface area contributed by atoms with Crippen LogP contribution < -0.4 is 5.32 Å². The molecule has 0 fully saturated rings. The lowest BCUT2D eigenvalue weighted by molar-refractivity contribution is -0.124. The van der Waals surface area contributed by atoms with Crippen molar-refractivity contribution in [1.29, 1.82) is 0 Å². The first kappa shape index (κ1) is 19.5. The van der Waals surface area contributed by atoms with Crippen molar-refractivity contribution in [3.63, 3.8) is 0 Å². The number of unbranched alkanes of at least 4 members (excludes halogenated alkanes) is 7. The minimum atomic E-state index is -0.0337. The molecule has 1 aromatic rings. The van der Waals surface area contributed by atoms with Gasteiger partial charge in [-0.05, 0) is 30.5 Å². The summed E-state index contributed by atoms with van der Waals surface area (Å²) in [4.78, 5) is 12.1. The number of phenols is 1. The van der Waals surface area contributed by atoms with Gasteiger partial charge in [0.25, 0.3) is 0 Å². The lowest BCUT2D eigenvalue weighted by Gasteiger charge is -2.12. The Labute approximate surface area is 141 Å². The Bertz CT molecular complexity index is 428. The Morgan fingerprint density at radius 2 is 1.57 bits per heavy atom. The summed E-state index contributed by atoms with van der Waals surface area (Å²) in [5, 5.41) is 12.3. The lowest BCUT2D eigenvalue weighted by Crippen LogP contribution is -2.31. The third-order valence-corrected chi connectivity index (χ3v) is 4.26. The molecule has 23 heavy (non-hydrogen) atoms. The maximum absolute atomic E-state index is 12.1. The van der Waals surface area contributed by atoms with Gasteiger partial charge in [-0.3, -0.25) is 4.79 Å². The van der Waals surface area contributed by atoms with E-state index < -0.39 is 0 Å². The van der Waals surface area contributed by atoms with Crippen LogP contribution in [0, 0.1) is 5.92 Å². The number of aromatic hydroxyl groups is 1. The summed E-state index contributed by atoms with van der Waals surface area (Å²) in [6, 6.07) is 7.08. The molecule has 2 N–H and O–H groups in total. The van der Waals surface area contributed by atoms with Crippen LogP contribution in [0.5, 0.6) is 5.75 Å². The second-order valence-electron chi connectivity index (χ2n) is 6.54. The van der Waals surface area contributed by atoms with Gasteiger partial charge in [-0.1, -0.05) is 70.9 Å². The van der Waals surface area contributed by atoms with Gasteiger partial charge in [-0.15, -0.1) is 0 Å². The van der Waals surface area contributed by atoms with E-state index in [9.17, 15) is 9.90 Å². The number of phenolic OH excluding ortho intramolecular Hbond substituents is 1. The Kier molecular flexibility index (Phi) is 10.2. The average Bonchev–Trinajstić information content (AvgIpc) is 2.55. The van der Waals surface area contributed by atoms with E-state index in [1.165, 1.54) is 44.9 Å². The van der Waals surface area contributed by atoms with Crippen LogP contribution in [0.3, 0.4) is 0 Å². The van der Waals surface area contributed by atoms with Crippen molar-refractivity contribution in [2.75, 3.05) is 6.54 Å². The minimum absolute atomic E-state index is 0.0337. The van der Waals surface area contributed by atoms with E-state index in [0.29, 0.717) is 6.42 Å². The highest BCUT2D eigenvalue weighted by molar-refractivity contribution is 5.78. The van der Waals surface area contributed by atoms with Crippen LogP contribution >= 0.6 is 0 Å². The second-order valence-corrected chi connectivity index (χ2v) is 6.54. The van der Waals surface area contributed by atoms with Crippen LogP contribution in [0.2, 0.25) is 0 Å². The number of hydrogen-bond acceptors (Lipinski definition) is 2. The van der Waals surface area contributed by atoms with Crippen molar-refractivity contribution in [1.82, 2.24) is 5.32 Å². The van der Waals surface area contributed by atoms with Gasteiger partial charge < -0.3 is 10.4 Å². The number of benzene rings is 1. The van der Waals surface area contributed by atoms with Crippen molar-refractivity contribution in [2.45, 2.75) is 71.6 Å². The molecule has 0 saturated carbocycles. The summed E-state index contributed by atoms with van der Waals surface area (Å²) in [6.45, 7) is 4.98. The number of carbonyl (C=O) groups is 1. The van der Waals surface area contributed by atoms with Crippen molar-refractivity contribution in [3.05, 3.63) is 29.8 Å². The molecule has 0 unspecified atom stereocenters. The molecule has 0 aromatic heterocycles. The largest absolute Gasteiger partial charge is 0.508 e. The van der Waals surface area contributed by atoms with Crippen molar-refractivity contribution in [3.8, 4) is 5.75 Å². The second kappa shape index (κ2) is 12.0. The van der Waals surface area contributed by atoms with Crippen LogP contribution in [0.15, 0.2) is 24.3 Å². The van der Waals surface area contributed by atoms with E-state index in [4.69, 9.17) is 0 Å². The van der Waals surface area contributed by atoms with E-state index in [1.54, 1.807) is 12.1 Å². The molecule has 0 bridgehead atoms. The van der Waals surface area contributed by atoms with Gasteiger partial charge in [0.15, 0.2) is 0 Å². The molecule has 130 valence electrons. The summed E-state index contributed by atoms with van der Waals surface area (Å²) >= 11 is 0. The molecule has 1 aromatic carbocycles.